The molecule has 0 heterocycles. The van der Waals surface area contributed by atoms with Crippen LogP contribution in [0.2, 0.25) is 0 Å². The molecule has 0 atom stereocenters. The van der Waals surface area contributed by atoms with Gasteiger partial charge in [-0.05, 0) is 48.0 Å². The number of sulfonamides is 1. The number of hydrogen-bond donors (Lipinski definition) is 3. The van der Waals surface area contributed by atoms with Gasteiger partial charge in [-0.25, -0.2) is 8.42 Å². The van der Waals surface area contributed by atoms with Gasteiger partial charge in [-0.2, -0.15) is 0 Å². The lowest BCUT2D eigenvalue weighted by Gasteiger charge is -2.12. The maximum atomic E-state index is 12.8. The van der Waals surface area contributed by atoms with Crippen molar-refractivity contribution in [3.05, 3.63) is 83.9 Å². The number of hydrazine groups is 1. The van der Waals surface area contributed by atoms with E-state index in [0.29, 0.717) is 17.1 Å². The lowest BCUT2D eigenvalue weighted by Crippen LogP contribution is -2.42. The first-order valence-electron chi connectivity index (χ1n) is 9.80. The molecule has 3 aromatic rings. The fourth-order valence-electron chi connectivity index (χ4n) is 2.95. The predicted octanol–water partition coefficient (Wildman–Crippen LogP) is 2.51. The number of carbonyl (C=O) groups is 2. The lowest BCUT2D eigenvalue weighted by molar-refractivity contribution is -0.121. The zero-order chi connectivity index (χ0) is 23.8. The zero-order valence-corrected chi connectivity index (χ0v) is 18.8. The molecule has 3 aromatic carbocycles. The number of nitrogens with one attached hydrogen (secondary N) is 3. The average molecular weight is 470 g/mol. The van der Waals surface area contributed by atoms with Crippen molar-refractivity contribution in [1.82, 2.24) is 10.9 Å². The van der Waals surface area contributed by atoms with Crippen LogP contribution in [0.25, 0.3) is 0 Å². The van der Waals surface area contributed by atoms with Crippen LogP contribution in [0.1, 0.15) is 15.9 Å². The maximum Gasteiger partial charge on any atom is 0.269 e. The Hall–Kier alpha value is -4.05. The molecule has 2 amide bonds. The van der Waals surface area contributed by atoms with Gasteiger partial charge in [-0.1, -0.05) is 30.3 Å². The van der Waals surface area contributed by atoms with E-state index in [-0.39, 0.29) is 22.6 Å². The van der Waals surface area contributed by atoms with Gasteiger partial charge in [-0.3, -0.25) is 25.2 Å². The molecular formula is C23H23N3O6S. The number of rotatable bonds is 8. The number of methoxy groups -OCH3 is 2. The Balaban J connectivity index is 1.65. The summed E-state index contributed by atoms with van der Waals surface area (Å²) in [6.07, 6.45) is 0.0225. The van der Waals surface area contributed by atoms with Gasteiger partial charge in [-0.15, -0.1) is 0 Å². The summed E-state index contributed by atoms with van der Waals surface area (Å²) in [5, 5.41) is 0. The zero-order valence-electron chi connectivity index (χ0n) is 18.0. The number of ether oxygens (including phenoxy) is 2. The van der Waals surface area contributed by atoms with Crippen LogP contribution in [0.3, 0.4) is 0 Å². The average Bonchev–Trinajstić information content (AvgIpc) is 2.83. The number of hydrogen-bond acceptors (Lipinski definition) is 6. The highest BCUT2D eigenvalue weighted by molar-refractivity contribution is 7.92. The molecule has 0 aliphatic carbocycles. The van der Waals surface area contributed by atoms with Gasteiger partial charge >= 0.3 is 0 Å². The second kappa shape index (κ2) is 10.5. The van der Waals surface area contributed by atoms with E-state index < -0.39 is 21.8 Å². The summed E-state index contributed by atoms with van der Waals surface area (Å²) in [5.41, 5.74) is 5.63. The first-order chi connectivity index (χ1) is 15.8. The molecule has 0 aromatic heterocycles. The number of benzene rings is 3. The minimum atomic E-state index is -3.99. The van der Waals surface area contributed by atoms with Gasteiger partial charge in [0.15, 0.2) is 0 Å². The monoisotopic (exact) mass is 469 g/mol. The Morgan fingerprint density at radius 1 is 0.848 bits per heavy atom. The summed E-state index contributed by atoms with van der Waals surface area (Å²) in [6.45, 7) is 0. The van der Waals surface area contributed by atoms with Crippen molar-refractivity contribution in [3.63, 3.8) is 0 Å². The molecule has 0 saturated heterocycles. The minimum Gasteiger partial charge on any atom is -0.497 e. The molecule has 0 spiro atoms. The Bertz CT molecular complexity index is 1260. The van der Waals surface area contributed by atoms with E-state index in [4.69, 9.17) is 9.47 Å². The topological polar surface area (TPSA) is 123 Å². The Morgan fingerprint density at radius 2 is 1.61 bits per heavy atom. The summed E-state index contributed by atoms with van der Waals surface area (Å²) in [4.78, 5) is 24.5. The molecule has 33 heavy (non-hydrogen) atoms. The molecule has 172 valence electrons. The summed E-state index contributed by atoms with van der Waals surface area (Å²) in [7, 11) is -1.03. The molecule has 3 rings (SSSR count). The van der Waals surface area contributed by atoms with Crippen molar-refractivity contribution in [3.8, 4) is 11.5 Å². The van der Waals surface area contributed by atoms with E-state index in [1.54, 1.807) is 48.5 Å². The molecular weight excluding hydrogens is 446 g/mol. The van der Waals surface area contributed by atoms with Gasteiger partial charge in [0.1, 0.15) is 11.5 Å². The van der Waals surface area contributed by atoms with Crippen LogP contribution in [-0.4, -0.2) is 34.5 Å². The highest BCUT2D eigenvalue weighted by atomic mass is 32.2. The SMILES string of the molecule is COc1cccc(CC(=O)NNC(=O)c2cccc(S(=O)(=O)Nc3ccccc3OC)c2)c1. The van der Waals surface area contributed by atoms with Gasteiger partial charge in [0, 0.05) is 5.56 Å². The first-order valence-corrected chi connectivity index (χ1v) is 11.3. The fourth-order valence-corrected chi connectivity index (χ4v) is 4.06. The molecule has 0 saturated carbocycles. The maximum absolute atomic E-state index is 12.8. The summed E-state index contributed by atoms with van der Waals surface area (Å²) < 4.78 is 38.3. The third kappa shape index (κ3) is 6.23. The van der Waals surface area contributed by atoms with E-state index in [0.717, 1.165) is 0 Å². The molecule has 0 aliphatic heterocycles. The van der Waals surface area contributed by atoms with Gasteiger partial charge in [0.25, 0.3) is 15.9 Å². The highest BCUT2D eigenvalue weighted by Gasteiger charge is 2.18. The second-order valence-electron chi connectivity index (χ2n) is 6.86. The van der Waals surface area contributed by atoms with Crippen LogP contribution in [0.15, 0.2) is 77.7 Å². The van der Waals surface area contributed by atoms with Crippen LogP contribution in [0, 0.1) is 0 Å². The Kier molecular flexibility index (Phi) is 7.52. The van der Waals surface area contributed by atoms with E-state index >= 15 is 0 Å². The number of para-hydroxylation sites is 2. The molecule has 3 N–H and O–H groups in total. The standard InChI is InChI=1S/C23H23N3O6S/c1-31-18-9-5-7-16(13-18)14-22(27)24-25-23(28)17-8-6-10-19(15-17)33(29,30)26-20-11-3-4-12-21(20)32-2/h3-13,15,26H,14H2,1-2H3,(H,24,27)(H,25,28). The van der Waals surface area contributed by atoms with Crippen LogP contribution >= 0.6 is 0 Å². The molecule has 0 radical (unpaired) electrons. The van der Waals surface area contributed by atoms with Crippen molar-refractivity contribution in [1.29, 1.82) is 0 Å². The molecule has 10 heteroatoms. The molecule has 0 aliphatic rings. The van der Waals surface area contributed by atoms with Crippen molar-refractivity contribution in [2.75, 3.05) is 18.9 Å². The summed E-state index contributed by atoms with van der Waals surface area (Å²) >= 11 is 0. The van der Waals surface area contributed by atoms with Crippen molar-refractivity contribution < 1.29 is 27.5 Å². The molecule has 0 fully saturated rings. The van der Waals surface area contributed by atoms with Crippen molar-refractivity contribution in [2.45, 2.75) is 11.3 Å². The van der Waals surface area contributed by atoms with Gasteiger partial charge in [0.05, 0.1) is 31.2 Å². The van der Waals surface area contributed by atoms with Crippen molar-refractivity contribution in [2.24, 2.45) is 0 Å². The Morgan fingerprint density at radius 3 is 2.36 bits per heavy atom. The van der Waals surface area contributed by atoms with Crippen molar-refractivity contribution >= 4 is 27.5 Å². The summed E-state index contributed by atoms with van der Waals surface area (Å²) in [5.74, 6) is -0.139. The van der Waals surface area contributed by atoms with Gasteiger partial charge < -0.3 is 9.47 Å². The molecule has 0 bridgehead atoms. The lowest BCUT2D eigenvalue weighted by atomic mass is 10.1. The third-order valence-corrected chi connectivity index (χ3v) is 5.94. The normalized spacial score (nSPS) is 10.7. The van der Waals surface area contributed by atoms with Crippen LogP contribution in [-0.2, 0) is 21.2 Å². The highest BCUT2D eigenvalue weighted by Crippen LogP contribution is 2.26. The largest absolute Gasteiger partial charge is 0.497 e. The Labute approximate surface area is 191 Å². The summed E-state index contributed by atoms with van der Waals surface area (Å²) in [6, 6.07) is 19.0. The van der Waals surface area contributed by atoms with Crippen LogP contribution < -0.4 is 25.0 Å². The molecule has 0 unspecified atom stereocenters. The van der Waals surface area contributed by atoms with E-state index in [9.17, 15) is 18.0 Å². The predicted molar refractivity (Wildman–Crippen MR) is 123 cm³/mol. The van der Waals surface area contributed by atoms with Gasteiger partial charge in [0.2, 0.25) is 5.91 Å². The number of carbonyl (C=O) groups excluding carboxylic acids is 2. The number of anilines is 1. The molecule has 9 nitrogen and oxygen atoms in total. The quantitative estimate of drug-likeness (QED) is 0.436. The van der Waals surface area contributed by atoms with E-state index in [1.807, 2.05) is 0 Å². The second-order valence-corrected chi connectivity index (χ2v) is 8.55. The van der Waals surface area contributed by atoms with Crippen LogP contribution in [0.5, 0.6) is 11.5 Å². The van der Waals surface area contributed by atoms with E-state index in [1.165, 1.54) is 38.5 Å². The fraction of sp³-hybridized carbons (Fsp3) is 0.130. The van der Waals surface area contributed by atoms with E-state index in [2.05, 4.69) is 15.6 Å². The minimum absolute atomic E-state index is 0.0225. The first kappa shape index (κ1) is 23.6. The van der Waals surface area contributed by atoms with Crippen LogP contribution in [0.4, 0.5) is 5.69 Å². The number of amides is 2. The smallest absolute Gasteiger partial charge is 0.269 e. The third-order valence-electron chi connectivity index (χ3n) is 4.57.